The molecule has 1 aromatic heterocycles. The minimum Gasteiger partial charge on any atom is -0.486 e. The lowest BCUT2D eigenvalue weighted by molar-refractivity contribution is 0.0732. The molecule has 0 amide bonds. The zero-order valence-corrected chi connectivity index (χ0v) is 11.7. The highest BCUT2D eigenvalue weighted by Crippen LogP contribution is 2.34. The minimum atomic E-state index is -0.0412. The summed E-state index contributed by atoms with van der Waals surface area (Å²) in [5.74, 6) is 2.68. The zero-order chi connectivity index (χ0) is 14.2. The molecule has 0 bridgehead atoms. The summed E-state index contributed by atoms with van der Waals surface area (Å²) >= 11 is 0. The number of aromatic nitrogens is 2. The smallest absolute Gasteiger partial charge is 0.161 e. The highest BCUT2D eigenvalue weighted by atomic mass is 16.6. The van der Waals surface area contributed by atoms with Crippen molar-refractivity contribution in [3.8, 4) is 11.5 Å². The van der Waals surface area contributed by atoms with Crippen LogP contribution in [0.2, 0.25) is 0 Å². The number of fused-ring (bicyclic) bond motifs is 2. The van der Waals surface area contributed by atoms with Crippen LogP contribution in [-0.2, 0) is 0 Å². The summed E-state index contributed by atoms with van der Waals surface area (Å²) < 4.78 is 11.8. The van der Waals surface area contributed by atoms with Gasteiger partial charge in [-0.25, -0.2) is 4.98 Å². The standard InChI is InChI=1S/C17H16N2O2/c1-11(17-18-12-6-2-3-7-13(12)19-17)16-10-20-14-8-4-5-9-15(14)21-16/h2-9,11,16H,10H2,1H3,(H,18,19). The van der Waals surface area contributed by atoms with Gasteiger partial charge < -0.3 is 14.5 Å². The average molecular weight is 280 g/mol. The lowest BCUT2D eigenvalue weighted by Crippen LogP contribution is -2.34. The molecule has 106 valence electrons. The Bertz CT molecular complexity index is 748. The van der Waals surface area contributed by atoms with Gasteiger partial charge in [-0.05, 0) is 24.3 Å². The molecule has 21 heavy (non-hydrogen) atoms. The number of rotatable bonds is 2. The molecule has 1 N–H and O–H groups in total. The molecule has 2 heterocycles. The van der Waals surface area contributed by atoms with Gasteiger partial charge in [0.25, 0.3) is 0 Å². The molecular formula is C17H16N2O2. The van der Waals surface area contributed by atoms with E-state index < -0.39 is 0 Å². The van der Waals surface area contributed by atoms with E-state index in [1.807, 2.05) is 48.5 Å². The fraction of sp³-hybridized carbons (Fsp3) is 0.235. The van der Waals surface area contributed by atoms with Gasteiger partial charge in [-0.2, -0.15) is 0 Å². The second kappa shape index (κ2) is 4.81. The molecule has 4 rings (SSSR count). The zero-order valence-electron chi connectivity index (χ0n) is 11.7. The molecule has 0 saturated heterocycles. The van der Waals surface area contributed by atoms with E-state index in [1.165, 1.54) is 0 Å². The van der Waals surface area contributed by atoms with Gasteiger partial charge in [-0.3, -0.25) is 0 Å². The Morgan fingerprint density at radius 2 is 1.86 bits per heavy atom. The quantitative estimate of drug-likeness (QED) is 0.781. The number of nitrogens with one attached hydrogen (secondary N) is 1. The van der Waals surface area contributed by atoms with Gasteiger partial charge in [-0.15, -0.1) is 0 Å². The number of H-pyrrole nitrogens is 1. The summed E-state index contributed by atoms with van der Waals surface area (Å²) in [5, 5.41) is 0. The molecule has 0 saturated carbocycles. The van der Waals surface area contributed by atoms with Crippen LogP contribution in [0.25, 0.3) is 11.0 Å². The summed E-state index contributed by atoms with van der Waals surface area (Å²) in [7, 11) is 0. The summed E-state index contributed by atoms with van der Waals surface area (Å²) in [5.41, 5.74) is 2.04. The highest BCUT2D eigenvalue weighted by Gasteiger charge is 2.28. The van der Waals surface area contributed by atoms with Gasteiger partial charge in [0.2, 0.25) is 0 Å². The number of imidazole rings is 1. The second-order valence-electron chi connectivity index (χ2n) is 5.34. The van der Waals surface area contributed by atoms with E-state index in [-0.39, 0.29) is 12.0 Å². The summed E-state index contributed by atoms with van der Waals surface area (Å²) in [6.07, 6.45) is -0.0412. The van der Waals surface area contributed by atoms with Crippen molar-refractivity contribution in [2.45, 2.75) is 18.9 Å². The maximum absolute atomic E-state index is 6.06. The van der Waals surface area contributed by atoms with Crippen LogP contribution in [-0.4, -0.2) is 22.7 Å². The number of benzene rings is 2. The summed E-state index contributed by atoms with van der Waals surface area (Å²) in [6.45, 7) is 2.65. The molecule has 1 aliphatic rings. The number of ether oxygens (including phenoxy) is 2. The molecule has 4 heteroatoms. The van der Waals surface area contributed by atoms with Crippen molar-refractivity contribution in [1.82, 2.24) is 9.97 Å². The lowest BCUT2D eigenvalue weighted by Gasteiger charge is -2.29. The third-order valence-corrected chi connectivity index (χ3v) is 3.93. The fourth-order valence-corrected chi connectivity index (χ4v) is 2.65. The van der Waals surface area contributed by atoms with Gasteiger partial charge in [0.1, 0.15) is 18.5 Å². The van der Waals surface area contributed by atoms with Gasteiger partial charge in [-0.1, -0.05) is 31.2 Å². The minimum absolute atomic E-state index is 0.0412. The van der Waals surface area contributed by atoms with Crippen LogP contribution < -0.4 is 9.47 Å². The van der Waals surface area contributed by atoms with Gasteiger partial charge >= 0.3 is 0 Å². The molecule has 2 atom stereocenters. The molecule has 3 aromatic rings. The first-order valence-electron chi connectivity index (χ1n) is 7.14. The van der Waals surface area contributed by atoms with Crippen LogP contribution in [0, 0.1) is 0 Å². The molecular weight excluding hydrogens is 264 g/mol. The van der Waals surface area contributed by atoms with E-state index in [2.05, 4.69) is 16.9 Å². The third kappa shape index (κ3) is 2.13. The van der Waals surface area contributed by atoms with Gasteiger partial charge in [0.15, 0.2) is 11.5 Å². The number of nitrogens with zero attached hydrogens (tertiary/aromatic N) is 1. The first-order valence-corrected chi connectivity index (χ1v) is 7.14. The van der Waals surface area contributed by atoms with Crippen molar-refractivity contribution in [1.29, 1.82) is 0 Å². The third-order valence-electron chi connectivity index (χ3n) is 3.93. The Balaban J connectivity index is 1.62. The van der Waals surface area contributed by atoms with Crippen molar-refractivity contribution < 1.29 is 9.47 Å². The summed E-state index contributed by atoms with van der Waals surface area (Å²) in [4.78, 5) is 8.02. The molecule has 4 nitrogen and oxygen atoms in total. The molecule has 1 aliphatic heterocycles. The molecule has 2 aromatic carbocycles. The number of aromatic amines is 1. The molecule has 0 aliphatic carbocycles. The maximum Gasteiger partial charge on any atom is 0.161 e. The largest absolute Gasteiger partial charge is 0.486 e. The second-order valence-corrected chi connectivity index (χ2v) is 5.34. The topological polar surface area (TPSA) is 47.1 Å². The van der Waals surface area contributed by atoms with Crippen LogP contribution >= 0.6 is 0 Å². The van der Waals surface area contributed by atoms with E-state index in [9.17, 15) is 0 Å². The Hall–Kier alpha value is -2.49. The van der Waals surface area contributed by atoms with Crippen LogP contribution in [0.3, 0.4) is 0 Å². The van der Waals surface area contributed by atoms with Gasteiger partial charge in [0, 0.05) is 0 Å². The highest BCUT2D eigenvalue weighted by molar-refractivity contribution is 5.74. The van der Waals surface area contributed by atoms with Crippen molar-refractivity contribution in [3.05, 3.63) is 54.4 Å². The van der Waals surface area contributed by atoms with E-state index in [1.54, 1.807) is 0 Å². The number of hydrogen-bond donors (Lipinski definition) is 1. The summed E-state index contributed by atoms with van der Waals surface area (Å²) in [6, 6.07) is 15.8. The van der Waals surface area contributed by atoms with Crippen LogP contribution in [0.5, 0.6) is 11.5 Å². The fourth-order valence-electron chi connectivity index (χ4n) is 2.65. The first kappa shape index (κ1) is 12.3. The molecule has 0 fully saturated rings. The predicted octanol–water partition coefficient (Wildman–Crippen LogP) is 3.51. The Morgan fingerprint density at radius 3 is 2.71 bits per heavy atom. The van der Waals surface area contributed by atoms with Crippen LogP contribution in [0.15, 0.2) is 48.5 Å². The monoisotopic (exact) mass is 280 g/mol. The normalized spacial score (nSPS) is 18.6. The molecule has 0 spiro atoms. The van der Waals surface area contributed by atoms with E-state index in [4.69, 9.17) is 9.47 Å². The maximum atomic E-state index is 6.06. The Morgan fingerprint density at radius 1 is 1.10 bits per heavy atom. The van der Waals surface area contributed by atoms with E-state index >= 15 is 0 Å². The number of hydrogen-bond acceptors (Lipinski definition) is 3. The first-order chi connectivity index (χ1) is 10.3. The lowest BCUT2D eigenvalue weighted by atomic mass is 10.0. The van der Waals surface area contributed by atoms with Gasteiger partial charge in [0.05, 0.1) is 17.0 Å². The average Bonchev–Trinajstić information content (AvgIpc) is 2.97. The Labute approximate surface area is 122 Å². The van der Waals surface area contributed by atoms with E-state index in [0.717, 1.165) is 28.4 Å². The molecule has 0 radical (unpaired) electrons. The predicted molar refractivity (Wildman–Crippen MR) is 80.9 cm³/mol. The van der Waals surface area contributed by atoms with Crippen molar-refractivity contribution in [2.24, 2.45) is 0 Å². The van der Waals surface area contributed by atoms with Crippen molar-refractivity contribution in [3.63, 3.8) is 0 Å². The van der Waals surface area contributed by atoms with Crippen molar-refractivity contribution in [2.75, 3.05) is 6.61 Å². The number of para-hydroxylation sites is 4. The Kier molecular flexibility index (Phi) is 2.81. The van der Waals surface area contributed by atoms with Crippen LogP contribution in [0.1, 0.15) is 18.7 Å². The van der Waals surface area contributed by atoms with Crippen LogP contribution in [0.4, 0.5) is 0 Å². The SMILES string of the molecule is CC(c1nc2ccccc2[nH]1)C1COc2ccccc2O1. The van der Waals surface area contributed by atoms with E-state index in [0.29, 0.717) is 6.61 Å². The van der Waals surface area contributed by atoms with Crippen molar-refractivity contribution >= 4 is 11.0 Å². The molecule has 2 unspecified atom stereocenters.